The number of carbonyl (C=O) groups excluding carboxylic acids is 1. The molecule has 2 atom stereocenters. The van der Waals surface area contributed by atoms with E-state index in [1.807, 2.05) is 6.92 Å². The van der Waals surface area contributed by atoms with Gasteiger partial charge >= 0.3 is 0 Å². The molecule has 1 aliphatic rings. The maximum Gasteiger partial charge on any atom is 0.251 e. The molecule has 2 rings (SSSR count). The van der Waals surface area contributed by atoms with E-state index in [0.717, 1.165) is 18.6 Å². The molecular weight excluding hydrogens is 238 g/mol. The van der Waals surface area contributed by atoms with Crippen LogP contribution in [-0.2, 0) is 0 Å². The van der Waals surface area contributed by atoms with Crippen molar-refractivity contribution in [2.45, 2.75) is 26.3 Å². The largest absolute Gasteiger partial charge is 0.381 e. The van der Waals surface area contributed by atoms with Gasteiger partial charge in [-0.3, -0.25) is 4.79 Å². The zero-order chi connectivity index (χ0) is 13.3. The lowest BCUT2D eigenvalue weighted by atomic mass is 10.1. The Balaban J connectivity index is 2.16. The normalized spacial score (nSPS) is 21.6. The van der Waals surface area contributed by atoms with Crippen LogP contribution in [0.5, 0.6) is 0 Å². The number of benzene rings is 1. The molecule has 1 aromatic carbocycles. The van der Waals surface area contributed by atoms with Crippen LogP contribution < -0.4 is 10.6 Å². The highest BCUT2D eigenvalue weighted by atomic mass is 19.1. The minimum atomic E-state index is -0.745. The first kappa shape index (κ1) is 12.8. The van der Waals surface area contributed by atoms with Crippen molar-refractivity contribution in [2.75, 3.05) is 11.9 Å². The van der Waals surface area contributed by atoms with Crippen molar-refractivity contribution in [1.82, 2.24) is 5.32 Å². The fraction of sp³-hybridized carbons (Fsp3) is 0.462. The maximum absolute atomic E-state index is 13.6. The molecule has 1 aliphatic carbocycles. The summed E-state index contributed by atoms with van der Waals surface area (Å²) in [6.07, 6.45) is 0.923. The molecule has 1 saturated carbocycles. The summed E-state index contributed by atoms with van der Waals surface area (Å²) in [6.45, 7) is 4.17. The third-order valence-corrected chi connectivity index (χ3v) is 3.08. The molecule has 1 amide bonds. The Hall–Kier alpha value is -1.65. The van der Waals surface area contributed by atoms with E-state index in [-0.39, 0.29) is 17.3 Å². The van der Waals surface area contributed by atoms with Crippen molar-refractivity contribution in [3.8, 4) is 0 Å². The van der Waals surface area contributed by atoms with Crippen molar-refractivity contribution < 1.29 is 13.6 Å². The van der Waals surface area contributed by atoms with Crippen LogP contribution in [0.2, 0.25) is 0 Å². The SMILES string of the molecule is CCNc1c(F)cc(C(=O)NC2CC2C)cc1F. The Morgan fingerprint density at radius 1 is 1.39 bits per heavy atom. The second-order valence-electron chi connectivity index (χ2n) is 4.64. The van der Waals surface area contributed by atoms with Crippen LogP contribution in [0, 0.1) is 17.6 Å². The minimum Gasteiger partial charge on any atom is -0.381 e. The first-order chi connectivity index (χ1) is 8.52. The number of hydrogen-bond donors (Lipinski definition) is 2. The van der Waals surface area contributed by atoms with Gasteiger partial charge in [-0.25, -0.2) is 8.78 Å². The molecule has 0 spiro atoms. The Kier molecular flexibility index (Phi) is 3.50. The summed E-state index contributed by atoms with van der Waals surface area (Å²) in [7, 11) is 0. The van der Waals surface area contributed by atoms with E-state index in [0.29, 0.717) is 12.5 Å². The fourth-order valence-corrected chi connectivity index (χ4v) is 1.82. The van der Waals surface area contributed by atoms with Crippen molar-refractivity contribution in [2.24, 2.45) is 5.92 Å². The molecule has 0 aromatic heterocycles. The minimum absolute atomic E-state index is 0.0192. The van der Waals surface area contributed by atoms with Gasteiger partial charge in [0.25, 0.3) is 5.91 Å². The summed E-state index contributed by atoms with van der Waals surface area (Å²) in [5.74, 6) is -1.47. The molecule has 1 fully saturated rings. The number of halogens is 2. The van der Waals surface area contributed by atoms with Crippen LogP contribution in [0.25, 0.3) is 0 Å². The number of rotatable bonds is 4. The number of amides is 1. The second-order valence-corrected chi connectivity index (χ2v) is 4.64. The highest BCUT2D eigenvalue weighted by molar-refractivity contribution is 5.95. The van der Waals surface area contributed by atoms with E-state index in [2.05, 4.69) is 10.6 Å². The quantitative estimate of drug-likeness (QED) is 0.867. The van der Waals surface area contributed by atoms with Gasteiger partial charge in [0.1, 0.15) is 17.3 Å². The number of nitrogens with one attached hydrogen (secondary N) is 2. The van der Waals surface area contributed by atoms with Gasteiger partial charge in [0.05, 0.1) is 0 Å². The predicted octanol–water partition coefficient (Wildman–Crippen LogP) is 2.53. The van der Waals surface area contributed by atoms with Crippen LogP contribution >= 0.6 is 0 Å². The van der Waals surface area contributed by atoms with E-state index in [4.69, 9.17) is 0 Å². The second kappa shape index (κ2) is 4.92. The van der Waals surface area contributed by atoms with E-state index in [1.165, 1.54) is 0 Å². The van der Waals surface area contributed by atoms with E-state index < -0.39 is 17.5 Å². The van der Waals surface area contributed by atoms with Crippen molar-refractivity contribution in [3.63, 3.8) is 0 Å². The van der Waals surface area contributed by atoms with Crippen molar-refractivity contribution >= 4 is 11.6 Å². The highest BCUT2D eigenvalue weighted by Crippen LogP contribution is 2.29. The third-order valence-electron chi connectivity index (χ3n) is 3.08. The maximum atomic E-state index is 13.6. The molecule has 5 heteroatoms. The molecule has 18 heavy (non-hydrogen) atoms. The summed E-state index contributed by atoms with van der Waals surface area (Å²) in [4.78, 5) is 11.7. The van der Waals surface area contributed by atoms with E-state index >= 15 is 0 Å². The van der Waals surface area contributed by atoms with Crippen LogP contribution in [0.15, 0.2) is 12.1 Å². The molecule has 0 heterocycles. The molecular formula is C13H16F2N2O. The molecule has 0 bridgehead atoms. The molecule has 0 radical (unpaired) electrons. The van der Waals surface area contributed by atoms with Crippen LogP contribution in [0.3, 0.4) is 0 Å². The summed E-state index contributed by atoms with van der Waals surface area (Å²) in [6, 6.07) is 2.25. The van der Waals surface area contributed by atoms with Gasteiger partial charge < -0.3 is 10.6 Å². The van der Waals surface area contributed by atoms with Crippen LogP contribution in [-0.4, -0.2) is 18.5 Å². The lowest BCUT2D eigenvalue weighted by Gasteiger charge is -2.09. The monoisotopic (exact) mass is 254 g/mol. The number of hydrogen-bond acceptors (Lipinski definition) is 2. The molecule has 3 nitrogen and oxygen atoms in total. The number of anilines is 1. The van der Waals surface area contributed by atoms with Crippen LogP contribution in [0.4, 0.5) is 14.5 Å². The first-order valence-corrected chi connectivity index (χ1v) is 6.06. The standard InChI is InChI=1S/C13H16F2N2O/c1-3-16-12-9(14)5-8(6-10(12)15)13(18)17-11-4-7(11)2/h5-7,11,16H,3-4H2,1-2H3,(H,17,18). The Morgan fingerprint density at radius 3 is 2.39 bits per heavy atom. The topological polar surface area (TPSA) is 41.1 Å². The molecule has 98 valence electrons. The Labute approximate surface area is 105 Å². The van der Waals surface area contributed by atoms with E-state index in [9.17, 15) is 13.6 Å². The average molecular weight is 254 g/mol. The molecule has 2 N–H and O–H groups in total. The van der Waals surface area contributed by atoms with Gasteiger partial charge in [0.2, 0.25) is 0 Å². The van der Waals surface area contributed by atoms with Gasteiger partial charge in [0.15, 0.2) is 0 Å². The average Bonchev–Trinajstić information content (AvgIpc) is 2.99. The van der Waals surface area contributed by atoms with Gasteiger partial charge in [0, 0.05) is 18.2 Å². The fourth-order valence-electron chi connectivity index (χ4n) is 1.82. The zero-order valence-corrected chi connectivity index (χ0v) is 10.4. The van der Waals surface area contributed by atoms with Crippen molar-refractivity contribution in [1.29, 1.82) is 0 Å². The lowest BCUT2D eigenvalue weighted by Crippen LogP contribution is -2.26. The summed E-state index contributed by atoms with van der Waals surface area (Å²) in [5.41, 5.74) is -0.167. The van der Waals surface area contributed by atoms with Crippen LogP contribution in [0.1, 0.15) is 30.6 Å². The summed E-state index contributed by atoms with van der Waals surface area (Å²) in [5, 5.41) is 5.32. The molecule has 0 saturated heterocycles. The lowest BCUT2D eigenvalue weighted by molar-refractivity contribution is 0.0948. The van der Waals surface area contributed by atoms with Gasteiger partial charge in [-0.1, -0.05) is 6.92 Å². The smallest absolute Gasteiger partial charge is 0.251 e. The molecule has 2 unspecified atom stereocenters. The van der Waals surface area contributed by atoms with Gasteiger partial charge in [-0.2, -0.15) is 0 Å². The highest BCUT2D eigenvalue weighted by Gasteiger charge is 2.34. The van der Waals surface area contributed by atoms with Gasteiger partial charge in [-0.15, -0.1) is 0 Å². The molecule has 0 aliphatic heterocycles. The van der Waals surface area contributed by atoms with Gasteiger partial charge in [-0.05, 0) is 31.4 Å². The molecule has 1 aromatic rings. The van der Waals surface area contributed by atoms with E-state index in [1.54, 1.807) is 6.92 Å². The van der Waals surface area contributed by atoms with Crippen molar-refractivity contribution in [3.05, 3.63) is 29.3 Å². The number of carbonyl (C=O) groups is 1. The first-order valence-electron chi connectivity index (χ1n) is 6.06. The third kappa shape index (κ3) is 2.60. The predicted molar refractivity (Wildman–Crippen MR) is 65.6 cm³/mol. The Bertz CT molecular complexity index is 453. The Morgan fingerprint density at radius 2 is 1.94 bits per heavy atom. The summed E-state index contributed by atoms with van der Waals surface area (Å²) >= 11 is 0. The summed E-state index contributed by atoms with van der Waals surface area (Å²) < 4.78 is 27.2. The zero-order valence-electron chi connectivity index (χ0n) is 10.4.